The third-order valence-electron chi connectivity index (χ3n) is 3.79. The first kappa shape index (κ1) is 14.7. The third-order valence-corrected chi connectivity index (χ3v) is 3.79. The standard InChI is InChI=1S/C17H14N4O2/c1-3-8-22-12-6-4-11(5-7-12)15-13(9-18)16(19)23-17-14(15)10(2)20-21-17/h1,4-7,13,15,19H,8H2,2H3,(H,20,21). The van der Waals surface area contributed by atoms with Crippen LogP contribution >= 0.6 is 0 Å². The Balaban J connectivity index is 2.02. The van der Waals surface area contributed by atoms with Gasteiger partial charge >= 0.3 is 0 Å². The van der Waals surface area contributed by atoms with Crippen LogP contribution in [0.1, 0.15) is 22.7 Å². The number of hydrogen-bond acceptors (Lipinski definition) is 5. The van der Waals surface area contributed by atoms with Crippen molar-refractivity contribution in [3.8, 4) is 30.0 Å². The van der Waals surface area contributed by atoms with Crippen molar-refractivity contribution in [3.05, 3.63) is 41.1 Å². The van der Waals surface area contributed by atoms with Gasteiger partial charge in [-0.2, -0.15) is 5.26 Å². The van der Waals surface area contributed by atoms with Crippen LogP contribution in [0.15, 0.2) is 24.3 Å². The predicted molar refractivity (Wildman–Crippen MR) is 83.4 cm³/mol. The molecule has 6 nitrogen and oxygen atoms in total. The van der Waals surface area contributed by atoms with Gasteiger partial charge in [0.25, 0.3) is 0 Å². The lowest BCUT2D eigenvalue weighted by Gasteiger charge is -2.27. The van der Waals surface area contributed by atoms with Crippen LogP contribution in [0.2, 0.25) is 0 Å². The quantitative estimate of drug-likeness (QED) is 0.851. The van der Waals surface area contributed by atoms with Crippen molar-refractivity contribution >= 4 is 5.90 Å². The molecule has 2 unspecified atom stereocenters. The molecule has 2 heterocycles. The number of ether oxygens (including phenoxy) is 2. The number of hydrogen-bond donors (Lipinski definition) is 2. The molecule has 0 fully saturated rings. The van der Waals surface area contributed by atoms with Crippen LogP contribution in [0.4, 0.5) is 0 Å². The van der Waals surface area contributed by atoms with Crippen molar-refractivity contribution in [3.63, 3.8) is 0 Å². The predicted octanol–water partition coefficient (Wildman–Crippen LogP) is 2.37. The van der Waals surface area contributed by atoms with Gasteiger partial charge in [0.15, 0.2) is 0 Å². The van der Waals surface area contributed by atoms with E-state index in [2.05, 4.69) is 22.2 Å². The lowest BCUT2D eigenvalue weighted by Crippen LogP contribution is -2.30. The Morgan fingerprint density at radius 3 is 2.83 bits per heavy atom. The Morgan fingerprint density at radius 1 is 1.43 bits per heavy atom. The van der Waals surface area contributed by atoms with E-state index in [0.717, 1.165) is 16.8 Å². The Hall–Kier alpha value is -3.25. The summed E-state index contributed by atoms with van der Waals surface area (Å²) in [4.78, 5) is 0. The van der Waals surface area contributed by atoms with E-state index in [1.54, 1.807) is 12.1 Å². The van der Waals surface area contributed by atoms with Gasteiger partial charge in [-0.05, 0) is 24.6 Å². The van der Waals surface area contributed by atoms with Gasteiger partial charge in [-0.15, -0.1) is 11.5 Å². The lowest BCUT2D eigenvalue weighted by molar-refractivity contribution is 0.370. The van der Waals surface area contributed by atoms with Crippen molar-refractivity contribution in [2.75, 3.05) is 6.61 Å². The fourth-order valence-electron chi connectivity index (χ4n) is 2.73. The van der Waals surface area contributed by atoms with E-state index >= 15 is 0 Å². The number of nitrogens with one attached hydrogen (secondary N) is 2. The highest BCUT2D eigenvalue weighted by molar-refractivity contribution is 5.84. The van der Waals surface area contributed by atoms with Crippen molar-refractivity contribution in [2.24, 2.45) is 5.92 Å². The molecule has 1 aliphatic rings. The highest BCUT2D eigenvalue weighted by atomic mass is 16.5. The van der Waals surface area contributed by atoms with Gasteiger partial charge in [0.05, 0.1) is 6.07 Å². The zero-order chi connectivity index (χ0) is 16.4. The van der Waals surface area contributed by atoms with Crippen molar-refractivity contribution < 1.29 is 9.47 Å². The molecule has 0 saturated heterocycles. The zero-order valence-electron chi connectivity index (χ0n) is 12.5. The van der Waals surface area contributed by atoms with Gasteiger partial charge in [-0.25, -0.2) is 0 Å². The van der Waals surface area contributed by atoms with Crippen LogP contribution in [-0.2, 0) is 0 Å². The molecule has 0 radical (unpaired) electrons. The number of nitriles is 1. The van der Waals surface area contributed by atoms with Gasteiger partial charge in [-0.1, -0.05) is 18.1 Å². The maximum absolute atomic E-state index is 9.47. The number of aryl methyl sites for hydroxylation is 1. The summed E-state index contributed by atoms with van der Waals surface area (Å²) < 4.78 is 10.7. The van der Waals surface area contributed by atoms with E-state index in [1.807, 2.05) is 19.1 Å². The molecule has 23 heavy (non-hydrogen) atoms. The highest BCUT2D eigenvalue weighted by Gasteiger charge is 2.39. The SMILES string of the molecule is C#CCOc1ccc(C2c3c(n[nH]c3C)OC(=N)C2C#N)cc1. The molecule has 6 heteroatoms. The minimum absolute atomic E-state index is 0.0934. The van der Waals surface area contributed by atoms with Gasteiger partial charge in [0.1, 0.15) is 18.3 Å². The van der Waals surface area contributed by atoms with Crippen LogP contribution in [-0.4, -0.2) is 22.7 Å². The first-order valence-corrected chi connectivity index (χ1v) is 7.02. The van der Waals surface area contributed by atoms with Crippen LogP contribution in [0.25, 0.3) is 0 Å². The second kappa shape index (κ2) is 5.86. The molecule has 2 aromatic rings. The molecular formula is C17H14N4O2. The number of rotatable bonds is 3. The maximum atomic E-state index is 9.47. The lowest BCUT2D eigenvalue weighted by atomic mass is 9.79. The topological polar surface area (TPSA) is 94.8 Å². The minimum atomic E-state index is -0.698. The Labute approximate surface area is 133 Å². The van der Waals surface area contributed by atoms with Gasteiger partial charge in [0.2, 0.25) is 11.8 Å². The summed E-state index contributed by atoms with van der Waals surface area (Å²) in [5, 5.41) is 24.3. The van der Waals surface area contributed by atoms with Gasteiger partial charge in [-0.3, -0.25) is 10.5 Å². The normalized spacial score (nSPS) is 19.2. The number of aromatic amines is 1. The molecule has 1 aliphatic heterocycles. The summed E-state index contributed by atoms with van der Waals surface area (Å²) in [6.07, 6.45) is 5.17. The maximum Gasteiger partial charge on any atom is 0.243 e. The zero-order valence-corrected chi connectivity index (χ0v) is 12.5. The van der Waals surface area contributed by atoms with Crippen LogP contribution in [0.5, 0.6) is 11.6 Å². The number of terminal acetylenes is 1. The van der Waals surface area contributed by atoms with Crippen LogP contribution < -0.4 is 9.47 Å². The second-order valence-electron chi connectivity index (χ2n) is 5.18. The number of fused-ring (bicyclic) bond motifs is 1. The fraction of sp³-hybridized carbons (Fsp3) is 0.235. The molecular weight excluding hydrogens is 292 g/mol. The molecule has 2 N–H and O–H groups in total. The number of benzene rings is 1. The van der Waals surface area contributed by atoms with Crippen LogP contribution in [0, 0.1) is 41.9 Å². The summed E-state index contributed by atoms with van der Waals surface area (Å²) in [6.45, 7) is 2.07. The average Bonchev–Trinajstić information content (AvgIpc) is 2.93. The average molecular weight is 306 g/mol. The van der Waals surface area contributed by atoms with E-state index in [4.69, 9.17) is 21.3 Å². The first-order valence-electron chi connectivity index (χ1n) is 7.02. The molecule has 114 valence electrons. The van der Waals surface area contributed by atoms with E-state index in [0.29, 0.717) is 11.6 Å². The molecule has 1 aromatic carbocycles. The Morgan fingerprint density at radius 2 is 2.17 bits per heavy atom. The molecule has 2 atom stereocenters. The van der Waals surface area contributed by atoms with E-state index < -0.39 is 5.92 Å². The highest BCUT2D eigenvalue weighted by Crippen LogP contribution is 2.42. The molecule has 0 bridgehead atoms. The van der Waals surface area contributed by atoms with Crippen molar-refractivity contribution in [2.45, 2.75) is 12.8 Å². The Bertz CT molecular complexity index is 824. The molecule has 0 saturated carbocycles. The summed E-state index contributed by atoms with van der Waals surface area (Å²) >= 11 is 0. The largest absolute Gasteiger partial charge is 0.481 e. The monoisotopic (exact) mass is 306 g/mol. The van der Waals surface area contributed by atoms with Crippen molar-refractivity contribution in [1.29, 1.82) is 10.7 Å². The summed E-state index contributed by atoms with van der Waals surface area (Å²) in [5.74, 6) is 2.33. The molecule has 0 amide bonds. The number of H-pyrrole nitrogens is 1. The van der Waals surface area contributed by atoms with E-state index in [-0.39, 0.29) is 18.4 Å². The molecule has 0 spiro atoms. The molecule has 3 rings (SSSR count). The molecule has 0 aliphatic carbocycles. The Kier molecular flexibility index (Phi) is 3.74. The van der Waals surface area contributed by atoms with Crippen molar-refractivity contribution in [1.82, 2.24) is 10.2 Å². The number of aromatic nitrogens is 2. The van der Waals surface area contributed by atoms with E-state index in [9.17, 15) is 5.26 Å². The smallest absolute Gasteiger partial charge is 0.243 e. The van der Waals surface area contributed by atoms with Gasteiger partial charge < -0.3 is 9.47 Å². The molecule has 1 aromatic heterocycles. The minimum Gasteiger partial charge on any atom is -0.481 e. The third kappa shape index (κ3) is 2.51. The van der Waals surface area contributed by atoms with Gasteiger partial charge in [0, 0.05) is 17.2 Å². The summed E-state index contributed by atoms with van der Waals surface area (Å²) in [5.41, 5.74) is 2.53. The fourth-order valence-corrected chi connectivity index (χ4v) is 2.73. The van der Waals surface area contributed by atoms with Crippen LogP contribution in [0.3, 0.4) is 0 Å². The van der Waals surface area contributed by atoms with E-state index in [1.165, 1.54) is 0 Å². The second-order valence-corrected chi connectivity index (χ2v) is 5.18. The summed E-state index contributed by atoms with van der Waals surface area (Å²) in [7, 11) is 0. The summed E-state index contributed by atoms with van der Waals surface area (Å²) in [6, 6.07) is 9.50. The number of nitrogens with zero attached hydrogens (tertiary/aromatic N) is 2. The first-order chi connectivity index (χ1) is 11.2.